The van der Waals surface area contributed by atoms with Crippen molar-refractivity contribution in [3.63, 3.8) is 0 Å². The number of hydrogen-bond donors (Lipinski definition) is 2. The predicted octanol–water partition coefficient (Wildman–Crippen LogP) is 2.74. The molecule has 2 aromatic heterocycles. The first kappa shape index (κ1) is 18.1. The Morgan fingerprint density at radius 3 is 2.81 bits per heavy atom. The van der Waals surface area contributed by atoms with Gasteiger partial charge in [-0.25, -0.2) is 4.98 Å². The smallest absolute Gasteiger partial charge is 0.217 e. The Bertz CT molecular complexity index is 962. The molecule has 0 spiro atoms. The number of carbonyl (C=O) groups excluding carboxylic acids is 1. The van der Waals surface area contributed by atoms with E-state index in [-0.39, 0.29) is 11.7 Å². The Balaban J connectivity index is 2.19. The van der Waals surface area contributed by atoms with Crippen LogP contribution in [0.25, 0.3) is 21.9 Å². The Hall–Kier alpha value is -2.67. The zero-order valence-electron chi connectivity index (χ0n) is 15.5. The number of nitrogens with zero attached hydrogens (tertiary/aromatic N) is 3. The molecule has 1 amide bonds. The Labute approximate surface area is 152 Å². The van der Waals surface area contributed by atoms with E-state index in [0.717, 1.165) is 22.2 Å². The van der Waals surface area contributed by atoms with Crippen molar-refractivity contribution in [2.45, 2.75) is 46.4 Å². The SMILES string of the molecule is CCOCc1nc2cnc3cc(O)ccc3c2n1CC(C)(C)NC(C)=O. The van der Waals surface area contributed by atoms with Gasteiger partial charge in [-0.2, -0.15) is 0 Å². The van der Waals surface area contributed by atoms with E-state index >= 15 is 0 Å². The number of rotatable bonds is 6. The molecule has 0 radical (unpaired) electrons. The fourth-order valence-electron chi connectivity index (χ4n) is 3.24. The Morgan fingerprint density at radius 1 is 1.35 bits per heavy atom. The maximum absolute atomic E-state index is 11.6. The number of carbonyl (C=O) groups is 1. The van der Waals surface area contributed by atoms with Crippen molar-refractivity contribution in [2.75, 3.05) is 6.61 Å². The number of ether oxygens (including phenoxy) is 1. The van der Waals surface area contributed by atoms with Crippen LogP contribution in [0.5, 0.6) is 5.75 Å². The number of amides is 1. The summed E-state index contributed by atoms with van der Waals surface area (Å²) in [5.41, 5.74) is 1.91. The summed E-state index contributed by atoms with van der Waals surface area (Å²) in [5, 5.41) is 13.6. The molecule has 2 N–H and O–H groups in total. The van der Waals surface area contributed by atoms with Gasteiger partial charge in [-0.15, -0.1) is 0 Å². The van der Waals surface area contributed by atoms with Crippen molar-refractivity contribution < 1.29 is 14.6 Å². The molecule has 0 aliphatic carbocycles. The molecule has 0 bridgehead atoms. The number of hydrogen-bond acceptors (Lipinski definition) is 5. The first-order valence-corrected chi connectivity index (χ1v) is 8.64. The largest absolute Gasteiger partial charge is 0.508 e. The molecule has 3 aromatic rings. The van der Waals surface area contributed by atoms with Crippen LogP contribution in [-0.2, 0) is 22.7 Å². The molecule has 0 saturated heterocycles. The zero-order chi connectivity index (χ0) is 18.9. The molecule has 0 fully saturated rings. The molecule has 7 nitrogen and oxygen atoms in total. The molecule has 0 aliphatic rings. The summed E-state index contributed by atoms with van der Waals surface area (Å²) in [6.45, 7) is 8.89. The van der Waals surface area contributed by atoms with Crippen LogP contribution >= 0.6 is 0 Å². The summed E-state index contributed by atoms with van der Waals surface area (Å²) in [5.74, 6) is 0.869. The van der Waals surface area contributed by atoms with Gasteiger partial charge in [0.15, 0.2) is 0 Å². The zero-order valence-corrected chi connectivity index (χ0v) is 15.5. The van der Waals surface area contributed by atoms with Crippen LogP contribution in [0.3, 0.4) is 0 Å². The van der Waals surface area contributed by atoms with Crippen LogP contribution in [0.4, 0.5) is 0 Å². The highest BCUT2D eigenvalue weighted by atomic mass is 16.5. The summed E-state index contributed by atoms with van der Waals surface area (Å²) >= 11 is 0. The highest BCUT2D eigenvalue weighted by Gasteiger charge is 2.24. The van der Waals surface area contributed by atoms with E-state index in [1.165, 1.54) is 6.92 Å². The minimum absolute atomic E-state index is 0.0813. The summed E-state index contributed by atoms with van der Waals surface area (Å²) < 4.78 is 7.66. The van der Waals surface area contributed by atoms with E-state index in [9.17, 15) is 9.90 Å². The minimum Gasteiger partial charge on any atom is -0.508 e. The van der Waals surface area contributed by atoms with Gasteiger partial charge < -0.3 is 19.7 Å². The molecule has 0 unspecified atom stereocenters. The van der Waals surface area contributed by atoms with Crippen molar-refractivity contribution in [3.05, 3.63) is 30.2 Å². The first-order valence-electron chi connectivity index (χ1n) is 8.64. The van der Waals surface area contributed by atoms with Crippen molar-refractivity contribution in [1.29, 1.82) is 0 Å². The minimum atomic E-state index is -0.465. The summed E-state index contributed by atoms with van der Waals surface area (Å²) in [6, 6.07) is 5.11. The van der Waals surface area contributed by atoms with E-state index in [2.05, 4.69) is 19.9 Å². The molecule has 0 atom stereocenters. The van der Waals surface area contributed by atoms with Gasteiger partial charge in [0.25, 0.3) is 0 Å². The number of phenols is 1. The lowest BCUT2D eigenvalue weighted by molar-refractivity contribution is -0.120. The summed E-state index contributed by atoms with van der Waals surface area (Å²) in [4.78, 5) is 20.6. The average molecular weight is 356 g/mol. The number of aromatic nitrogens is 3. The highest BCUT2D eigenvalue weighted by molar-refractivity contribution is 6.02. The van der Waals surface area contributed by atoms with E-state index in [4.69, 9.17) is 4.74 Å². The highest BCUT2D eigenvalue weighted by Crippen LogP contribution is 2.28. The van der Waals surface area contributed by atoms with Crippen LogP contribution in [0, 0.1) is 0 Å². The second-order valence-corrected chi connectivity index (χ2v) is 7.01. The van der Waals surface area contributed by atoms with Crippen LogP contribution in [0.1, 0.15) is 33.5 Å². The number of phenolic OH excluding ortho intramolecular Hbond substituents is 1. The fraction of sp³-hybridized carbons (Fsp3) is 0.421. The van der Waals surface area contributed by atoms with Crippen molar-refractivity contribution in [2.24, 2.45) is 0 Å². The summed E-state index contributed by atoms with van der Waals surface area (Å²) in [7, 11) is 0. The van der Waals surface area contributed by atoms with Gasteiger partial charge in [-0.1, -0.05) is 0 Å². The fourth-order valence-corrected chi connectivity index (χ4v) is 3.24. The number of fused-ring (bicyclic) bond motifs is 3. The van der Waals surface area contributed by atoms with Crippen molar-refractivity contribution in [1.82, 2.24) is 19.9 Å². The monoisotopic (exact) mass is 356 g/mol. The standard InChI is InChI=1S/C19H24N4O3/c1-5-26-10-17-21-16-9-20-15-8-13(25)6-7-14(15)18(16)23(17)11-19(3,4)22-12(2)24/h6-9,25H,5,10-11H2,1-4H3,(H,22,24). The van der Waals surface area contributed by atoms with E-state index in [1.807, 2.05) is 26.8 Å². The molecule has 2 heterocycles. The van der Waals surface area contributed by atoms with Crippen LogP contribution in [0.2, 0.25) is 0 Å². The number of nitrogens with one attached hydrogen (secondary N) is 1. The third kappa shape index (κ3) is 3.62. The second kappa shape index (κ2) is 6.92. The van der Waals surface area contributed by atoms with Crippen LogP contribution < -0.4 is 5.32 Å². The molecule has 1 aromatic carbocycles. The molecular weight excluding hydrogens is 332 g/mol. The molecule has 3 rings (SSSR count). The number of imidazole rings is 1. The lowest BCUT2D eigenvalue weighted by atomic mass is 10.1. The maximum atomic E-state index is 11.6. The van der Waals surface area contributed by atoms with E-state index in [0.29, 0.717) is 25.3 Å². The van der Waals surface area contributed by atoms with Gasteiger partial charge in [0.1, 0.15) is 23.7 Å². The molecule has 7 heteroatoms. The van der Waals surface area contributed by atoms with E-state index in [1.54, 1.807) is 18.3 Å². The second-order valence-electron chi connectivity index (χ2n) is 7.01. The van der Waals surface area contributed by atoms with Gasteiger partial charge >= 0.3 is 0 Å². The van der Waals surface area contributed by atoms with Gasteiger partial charge in [-0.05, 0) is 32.9 Å². The van der Waals surface area contributed by atoms with Crippen molar-refractivity contribution in [3.8, 4) is 5.75 Å². The molecule has 138 valence electrons. The third-order valence-corrected chi connectivity index (χ3v) is 4.14. The molecule has 0 saturated carbocycles. The Kier molecular flexibility index (Phi) is 4.82. The molecule has 0 aliphatic heterocycles. The van der Waals surface area contributed by atoms with Gasteiger partial charge in [0.05, 0.1) is 22.8 Å². The molecule has 26 heavy (non-hydrogen) atoms. The third-order valence-electron chi connectivity index (χ3n) is 4.14. The average Bonchev–Trinajstić information content (AvgIpc) is 2.88. The quantitative estimate of drug-likeness (QED) is 0.709. The lowest BCUT2D eigenvalue weighted by Crippen LogP contribution is -2.45. The van der Waals surface area contributed by atoms with Crippen molar-refractivity contribution >= 4 is 27.8 Å². The number of aromatic hydroxyl groups is 1. The van der Waals surface area contributed by atoms with E-state index < -0.39 is 5.54 Å². The normalized spacial score (nSPS) is 12.0. The van der Waals surface area contributed by atoms with Gasteiger partial charge in [-0.3, -0.25) is 9.78 Å². The Morgan fingerprint density at radius 2 is 2.12 bits per heavy atom. The topological polar surface area (TPSA) is 89.3 Å². The maximum Gasteiger partial charge on any atom is 0.217 e. The van der Waals surface area contributed by atoms with Crippen LogP contribution in [-0.4, -0.2) is 37.7 Å². The first-order chi connectivity index (χ1) is 12.3. The number of pyridine rings is 1. The van der Waals surface area contributed by atoms with Crippen LogP contribution in [0.15, 0.2) is 24.4 Å². The van der Waals surface area contributed by atoms with Gasteiger partial charge in [0, 0.05) is 31.5 Å². The number of benzene rings is 1. The molecular formula is C19H24N4O3. The predicted molar refractivity (Wildman–Crippen MR) is 99.9 cm³/mol. The van der Waals surface area contributed by atoms with Gasteiger partial charge in [0.2, 0.25) is 5.91 Å². The lowest BCUT2D eigenvalue weighted by Gasteiger charge is -2.27. The summed E-state index contributed by atoms with van der Waals surface area (Å²) in [6.07, 6.45) is 1.70.